The van der Waals surface area contributed by atoms with Gasteiger partial charge in [0.2, 0.25) is 0 Å². The van der Waals surface area contributed by atoms with Gasteiger partial charge in [-0.05, 0) is 31.2 Å². The van der Waals surface area contributed by atoms with Crippen LogP contribution in [0.4, 0.5) is 0 Å². The summed E-state index contributed by atoms with van der Waals surface area (Å²) in [6.07, 6.45) is 3.19. The molecule has 0 unspecified atom stereocenters. The van der Waals surface area contributed by atoms with Gasteiger partial charge in [-0.1, -0.05) is 48.5 Å². The third-order valence-corrected chi connectivity index (χ3v) is 3.91. The molecule has 0 aliphatic heterocycles. The lowest BCUT2D eigenvalue weighted by molar-refractivity contribution is -0.112. The number of aromatic nitrogens is 2. The Kier molecular flexibility index (Phi) is 3.78. The predicted molar refractivity (Wildman–Crippen MR) is 98.5 cm³/mol. The SMILES string of the molecule is CC(=O)C=Cc1cc2c(o1)c(-c1ccccc1)nn2-c1ccccc1. The van der Waals surface area contributed by atoms with E-state index in [1.54, 1.807) is 6.08 Å². The van der Waals surface area contributed by atoms with Crippen LogP contribution in [0.3, 0.4) is 0 Å². The van der Waals surface area contributed by atoms with Gasteiger partial charge < -0.3 is 4.42 Å². The summed E-state index contributed by atoms with van der Waals surface area (Å²) in [5.41, 5.74) is 4.30. The molecular formula is C21H16N2O2. The monoisotopic (exact) mass is 328 g/mol. The maximum atomic E-state index is 11.2. The number of benzene rings is 2. The second kappa shape index (κ2) is 6.24. The van der Waals surface area contributed by atoms with E-state index in [4.69, 9.17) is 9.52 Å². The van der Waals surface area contributed by atoms with Crippen molar-refractivity contribution in [2.24, 2.45) is 0 Å². The number of furan rings is 1. The van der Waals surface area contributed by atoms with Crippen molar-refractivity contribution >= 4 is 23.0 Å². The van der Waals surface area contributed by atoms with E-state index < -0.39 is 0 Å². The summed E-state index contributed by atoms with van der Waals surface area (Å²) >= 11 is 0. The molecule has 4 nitrogen and oxygen atoms in total. The number of rotatable bonds is 4. The molecule has 2 aromatic carbocycles. The van der Waals surface area contributed by atoms with E-state index in [9.17, 15) is 4.79 Å². The van der Waals surface area contributed by atoms with Crippen LogP contribution in [0.2, 0.25) is 0 Å². The summed E-state index contributed by atoms with van der Waals surface area (Å²) in [6.45, 7) is 1.51. The van der Waals surface area contributed by atoms with Crippen molar-refractivity contribution in [2.75, 3.05) is 0 Å². The van der Waals surface area contributed by atoms with Crippen LogP contribution in [0.25, 0.3) is 34.1 Å². The molecule has 4 rings (SSSR count). The fourth-order valence-corrected chi connectivity index (χ4v) is 2.76. The average molecular weight is 328 g/mol. The van der Waals surface area contributed by atoms with E-state index in [-0.39, 0.29) is 5.78 Å². The normalized spacial score (nSPS) is 11.4. The van der Waals surface area contributed by atoms with Gasteiger partial charge in [-0.25, -0.2) is 4.68 Å². The Morgan fingerprint density at radius 2 is 1.72 bits per heavy atom. The lowest BCUT2D eigenvalue weighted by Crippen LogP contribution is -1.95. The standard InChI is InChI=1S/C21H16N2O2/c1-15(24)12-13-18-14-19-21(25-18)20(16-8-4-2-5-9-16)22-23(19)17-10-6-3-7-11-17/h2-14H,1H3. The fourth-order valence-electron chi connectivity index (χ4n) is 2.76. The Labute approximate surface area is 145 Å². The van der Waals surface area contributed by atoms with Crippen molar-refractivity contribution in [3.63, 3.8) is 0 Å². The molecule has 0 aliphatic rings. The molecular weight excluding hydrogens is 312 g/mol. The number of para-hydroxylation sites is 1. The number of fused-ring (bicyclic) bond motifs is 1. The topological polar surface area (TPSA) is 48.0 Å². The molecule has 0 radical (unpaired) electrons. The molecule has 0 amide bonds. The number of allylic oxidation sites excluding steroid dienone is 1. The first-order chi connectivity index (χ1) is 12.2. The highest BCUT2D eigenvalue weighted by Gasteiger charge is 2.18. The average Bonchev–Trinajstić information content (AvgIpc) is 3.20. The molecule has 0 N–H and O–H groups in total. The fraction of sp³-hybridized carbons (Fsp3) is 0.0476. The van der Waals surface area contributed by atoms with Gasteiger partial charge in [0.15, 0.2) is 11.4 Å². The Morgan fingerprint density at radius 1 is 1.04 bits per heavy atom. The number of hydrogen-bond acceptors (Lipinski definition) is 3. The number of hydrogen-bond donors (Lipinski definition) is 0. The summed E-state index contributed by atoms with van der Waals surface area (Å²) in [5.74, 6) is 0.609. The number of nitrogens with zero attached hydrogens (tertiary/aromatic N) is 2. The predicted octanol–water partition coefficient (Wildman–Crippen LogP) is 4.89. The van der Waals surface area contributed by atoms with Crippen molar-refractivity contribution in [3.05, 3.63) is 78.6 Å². The van der Waals surface area contributed by atoms with Crippen LogP contribution in [0.5, 0.6) is 0 Å². The van der Waals surface area contributed by atoms with Crippen molar-refractivity contribution in [2.45, 2.75) is 6.92 Å². The number of carbonyl (C=O) groups excluding carboxylic acids is 1. The summed E-state index contributed by atoms with van der Waals surface area (Å²) < 4.78 is 7.85. The number of carbonyl (C=O) groups is 1. The zero-order valence-corrected chi connectivity index (χ0v) is 13.7. The Balaban J connectivity index is 1.94. The van der Waals surface area contributed by atoms with E-state index in [0.717, 1.165) is 22.5 Å². The molecule has 0 fully saturated rings. The molecule has 0 saturated heterocycles. The first-order valence-corrected chi connectivity index (χ1v) is 8.04. The summed E-state index contributed by atoms with van der Waals surface area (Å²) in [4.78, 5) is 11.2. The van der Waals surface area contributed by atoms with E-state index >= 15 is 0 Å². The van der Waals surface area contributed by atoms with Gasteiger partial charge >= 0.3 is 0 Å². The molecule has 25 heavy (non-hydrogen) atoms. The zero-order chi connectivity index (χ0) is 17.2. The lowest BCUT2D eigenvalue weighted by atomic mass is 10.1. The Bertz CT molecular complexity index is 985. The maximum absolute atomic E-state index is 11.2. The highest BCUT2D eigenvalue weighted by molar-refractivity contribution is 5.94. The van der Waals surface area contributed by atoms with Gasteiger partial charge in [0.1, 0.15) is 17.0 Å². The van der Waals surface area contributed by atoms with E-state index in [1.165, 1.54) is 13.0 Å². The van der Waals surface area contributed by atoms with Crippen LogP contribution in [0, 0.1) is 0 Å². The summed E-state index contributed by atoms with van der Waals surface area (Å²) in [5, 5.41) is 4.76. The van der Waals surface area contributed by atoms with Crippen molar-refractivity contribution in [1.82, 2.24) is 9.78 Å². The highest BCUT2D eigenvalue weighted by Crippen LogP contribution is 2.32. The van der Waals surface area contributed by atoms with E-state index in [1.807, 2.05) is 71.4 Å². The maximum Gasteiger partial charge on any atom is 0.181 e. The van der Waals surface area contributed by atoms with E-state index in [2.05, 4.69) is 0 Å². The van der Waals surface area contributed by atoms with Crippen molar-refractivity contribution < 1.29 is 9.21 Å². The van der Waals surface area contributed by atoms with Crippen LogP contribution in [0.1, 0.15) is 12.7 Å². The van der Waals surface area contributed by atoms with Gasteiger partial charge in [-0.15, -0.1) is 0 Å². The molecule has 2 aromatic heterocycles. The third-order valence-electron chi connectivity index (χ3n) is 3.91. The smallest absolute Gasteiger partial charge is 0.181 e. The molecule has 0 spiro atoms. The van der Waals surface area contributed by atoms with Crippen molar-refractivity contribution in [3.8, 4) is 16.9 Å². The summed E-state index contributed by atoms with van der Waals surface area (Å²) in [7, 11) is 0. The minimum Gasteiger partial charge on any atom is -0.453 e. The largest absolute Gasteiger partial charge is 0.453 e. The van der Waals surface area contributed by atoms with Crippen LogP contribution < -0.4 is 0 Å². The van der Waals surface area contributed by atoms with Gasteiger partial charge in [-0.2, -0.15) is 5.10 Å². The minimum absolute atomic E-state index is 0.0200. The molecule has 4 aromatic rings. The van der Waals surface area contributed by atoms with Crippen molar-refractivity contribution in [1.29, 1.82) is 0 Å². The molecule has 2 heterocycles. The molecule has 122 valence electrons. The Hall–Kier alpha value is -3.40. The second-order valence-corrected chi connectivity index (χ2v) is 5.77. The number of ketones is 1. The lowest BCUT2D eigenvalue weighted by Gasteiger charge is -2.01. The highest BCUT2D eigenvalue weighted by atomic mass is 16.3. The molecule has 0 saturated carbocycles. The molecule has 0 bridgehead atoms. The van der Waals surface area contributed by atoms with Gasteiger partial charge in [0, 0.05) is 11.6 Å². The Morgan fingerprint density at radius 3 is 2.40 bits per heavy atom. The van der Waals surface area contributed by atoms with Crippen LogP contribution in [-0.4, -0.2) is 15.6 Å². The van der Waals surface area contributed by atoms with Gasteiger partial charge in [0.25, 0.3) is 0 Å². The molecule has 0 atom stereocenters. The first kappa shape index (κ1) is 15.1. The first-order valence-electron chi connectivity index (χ1n) is 8.04. The molecule has 4 heteroatoms. The van der Waals surface area contributed by atoms with Crippen LogP contribution in [0.15, 0.2) is 77.2 Å². The van der Waals surface area contributed by atoms with Crippen LogP contribution in [-0.2, 0) is 4.79 Å². The quantitative estimate of drug-likeness (QED) is 0.501. The van der Waals surface area contributed by atoms with Gasteiger partial charge in [-0.3, -0.25) is 4.79 Å². The third kappa shape index (κ3) is 2.90. The zero-order valence-electron chi connectivity index (χ0n) is 13.7. The second-order valence-electron chi connectivity index (χ2n) is 5.77. The van der Waals surface area contributed by atoms with E-state index in [0.29, 0.717) is 11.3 Å². The molecule has 0 aliphatic carbocycles. The van der Waals surface area contributed by atoms with Crippen LogP contribution >= 0.6 is 0 Å². The summed E-state index contributed by atoms with van der Waals surface area (Å²) in [6, 6.07) is 21.7. The van der Waals surface area contributed by atoms with Gasteiger partial charge in [0.05, 0.1) is 5.69 Å². The minimum atomic E-state index is -0.0200.